The van der Waals surface area contributed by atoms with Crippen LogP contribution in [0.3, 0.4) is 0 Å². The number of imidazole rings is 1. The third-order valence-electron chi connectivity index (χ3n) is 3.63. The van der Waals surface area contributed by atoms with Gasteiger partial charge < -0.3 is 0 Å². The molecule has 2 heterocycles. The largest absolute Gasteiger partial charge is 0.248 e. The highest BCUT2D eigenvalue weighted by molar-refractivity contribution is 5.14. The molecule has 0 saturated carbocycles. The lowest BCUT2D eigenvalue weighted by atomic mass is 10.2. The Hall–Kier alpha value is -2.43. The maximum absolute atomic E-state index is 4.26. The molecule has 0 unspecified atom stereocenters. The lowest BCUT2D eigenvalue weighted by Crippen LogP contribution is -2.31. The van der Waals surface area contributed by atoms with Gasteiger partial charge in [-0.15, -0.1) is 5.10 Å². The minimum atomic E-state index is 0.758. The zero-order valence-corrected chi connectivity index (χ0v) is 13.0. The summed E-state index contributed by atoms with van der Waals surface area (Å²) in [5.41, 5.74) is 2.21. The van der Waals surface area contributed by atoms with Crippen LogP contribution in [-0.4, -0.2) is 19.6 Å². The molecular weight excluding hydrogens is 274 g/mol. The molecule has 0 spiro atoms. The summed E-state index contributed by atoms with van der Waals surface area (Å²) < 4.78 is 6.25. The summed E-state index contributed by atoms with van der Waals surface area (Å²) in [6, 6.07) is 10.3. The average Bonchev–Trinajstić information content (AvgIpc) is 3.16. The van der Waals surface area contributed by atoms with E-state index in [-0.39, 0.29) is 0 Å². The molecule has 0 atom stereocenters. The van der Waals surface area contributed by atoms with Crippen LogP contribution in [0.5, 0.6) is 0 Å². The van der Waals surface area contributed by atoms with E-state index < -0.39 is 0 Å². The minimum absolute atomic E-state index is 0.758. The third-order valence-corrected chi connectivity index (χ3v) is 3.63. The van der Waals surface area contributed by atoms with Gasteiger partial charge in [0.15, 0.2) is 0 Å². The standard InChI is InChI=1S/C17H22N5/c1-2-3-9-20-10-11-21(15-20)13-17-14-22(19-18-17)12-16-7-5-4-6-8-16/h4-8,10-11,14-15H,2-3,9,12-13H2,1H3/q+1. The molecule has 3 aromatic rings. The van der Waals surface area contributed by atoms with E-state index in [9.17, 15) is 0 Å². The van der Waals surface area contributed by atoms with Crippen LogP contribution in [-0.2, 0) is 19.6 Å². The molecular formula is C17H22N5+. The van der Waals surface area contributed by atoms with E-state index >= 15 is 0 Å². The van der Waals surface area contributed by atoms with Crippen molar-refractivity contribution in [1.29, 1.82) is 0 Å². The fourth-order valence-electron chi connectivity index (χ4n) is 2.45. The average molecular weight is 296 g/mol. The topological polar surface area (TPSA) is 39.5 Å². The van der Waals surface area contributed by atoms with E-state index in [0.717, 1.165) is 25.3 Å². The minimum Gasteiger partial charge on any atom is -0.248 e. The second-order valence-corrected chi connectivity index (χ2v) is 5.57. The molecule has 0 radical (unpaired) electrons. The van der Waals surface area contributed by atoms with Gasteiger partial charge in [0.25, 0.3) is 0 Å². The number of aryl methyl sites for hydroxylation is 1. The summed E-state index contributed by atoms with van der Waals surface area (Å²) in [6.07, 6.45) is 10.8. The quantitative estimate of drug-likeness (QED) is 0.627. The molecule has 22 heavy (non-hydrogen) atoms. The van der Waals surface area contributed by atoms with Crippen molar-refractivity contribution in [2.24, 2.45) is 0 Å². The molecule has 0 aliphatic carbocycles. The van der Waals surface area contributed by atoms with Gasteiger partial charge in [0.1, 0.15) is 24.6 Å². The predicted octanol–water partition coefficient (Wildman–Crippen LogP) is 2.26. The van der Waals surface area contributed by atoms with Crippen molar-refractivity contribution in [3.8, 4) is 0 Å². The number of unbranched alkanes of at least 4 members (excludes halogenated alkanes) is 1. The summed E-state index contributed by atoms with van der Waals surface area (Å²) >= 11 is 0. The van der Waals surface area contributed by atoms with Crippen LogP contribution in [0, 0.1) is 0 Å². The normalized spacial score (nSPS) is 11.0. The van der Waals surface area contributed by atoms with Crippen LogP contribution in [0.2, 0.25) is 0 Å². The molecule has 5 heteroatoms. The van der Waals surface area contributed by atoms with Gasteiger partial charge in [-0.05, 0) is 12.0 Å². The molecule has 0 saturated heterocycles. The number of hydrogen-bond acceptors (Lipinski definition) is 2. The van der Waals surface area contributed by atoms with Gasteiger partial charge in [-0.1, -0.05) is 48.9 Å². The maximum Gasteiger partial charge on any atom is 0.244 e. The zero-order chi connectivity index (χ0) is 15.2. The van der Waals surface area contributed by atoms with Crippen LogP contribution in [0.1, 0.15) is 31.0 Å². The summed E-state index contributed by atoms with van der Waals surface area (Å²) in [6.45, 7) is 4.80. The van der Waals surface area contributed by atoms with Gasteiger partial charge in [0.2, 0.25) is 6.33 Å². The highest BCUT2D eigenvalue weighted by Crippen LogP contribution is 2.02. The highest BCUT2D eigenvalue weighted by atomic mass is 15.4. The fraction of sp³-hybridized carbons (Fsp3) is 0.353. The summed E-state index contributed by atoms with van der Waals surface area (Å²) in [4.78, 5) is 0. The number of nitrogens with zero attached hydrogens (tertiary/aromatic N) is 5. The summed E-state index contributed by atoms with van der Waals surface area (Å²) in [5, 5.41) is 8.47. The van der Waals surface area contributed by atoms with Crippen LogP contribution < -0.4 is 4.57 Å². The Bertz CT molecular complexity index is 699. The van der Waals surface area contributed by atoms with Gasteiger partial charge in [0, 0.05) is 0 Å². The van der Waals surface area contributed by atoms with Crippen molar-refractivity contribution < 1.29 is 4.57 Å². The summed E-state index contributed by atoms with van der Waals surface area (Å²) in [5.74, 6) is 0. The fourth-order valence-corrected chi connectivity index (χ4v) is 2.45. The van der Waals surface area contributed by atoms with E-state index in [2.05, 4.69) is 57.2 Å². The Balaban J connectivity index is 1.60. The molecule has 114 valence electrons. The lowest BCUT2D eigenvalue weighted by molar-refractivity contribution is -0.688. The Labute approximate surface area is 130 Å². The molecule has 3 rings (SSSR count). The van der Waals surface area contributed by atoms with Crippen molar-refractivity contribution in [2.75, 3.05) is 0 Å². The van der Waals surface area contributed by atoms with E-state index in [1.165, 1.54) is 18.4 Å². The van der Waals surface area contributed by atoms with Gasteiger partial charge in [-0.3, -0.25) is 0 Å². The molecule has 0 bridgehead atoms. The van der Waals surface area contributed by atoms with E-state index in [1.807, 2.05) is 29.1 Å². The molecule has 5 nitrogen and oxygen atoms in total. The second kappa shape index (κ2) is 7.02. The first kappa shape index (κ1) is 14.5. The first-order valence-corrected chi connectivity index (χ1v) is 7.81. The van der Waals surface area contributed by atoms with Gasteiger partial charge in [-0.25, -0.2) is 13.8 Å². The van der Waals surface area contributed by atoms with E-state index in [4.69, 9.17) is 0 Å². The number of rotatable bonds is 7. The Morgan fingerprint density at radius 3 is 2.86 bits per heavy atom. The van der Waals surface area contributed by atoms with Crippen LogP contribution in [0.4, 0.5) is 0 Å². The van der Waals surface area contributed by atoms with E-state index in [0.29, 0.717) is 0 Å². The van der Waals surface area contributed by atoms with Crippen LogP contribution >= 0.6 is 0 Å². The first-order chi connectivity index (χ1) is 10.8. The second-order valence-electron chi connectivity index (χ2n) is 5.57. The molecule has 0 amide bonds. The molecule has 1 aromatic carbocycles. The Kier molecular flexibility index (Phi) is 4.63. The first-order valence-electron chi connectivity index (χ1n) is 7.81. The Morgan fingerprint density at radius 2 is 2.05 bits per heavy atom. The molecule has 0 aliphatic heterocycles. The molecule has 0 aliphatic rings. The molecule has 0 fully saturated rings. The van der Waals surface area contributed by atoms with Crippen molar-refractivity contribution in [2.45, 2.75) is 39.4 Å². The smallest absolute Gasteiger partial charge is 0.244 e. The van der Waals surface area contributed by atoms with Crippen LogP contribution in [0.15, 0.2) is 55.2 Å². The third kappa shape index (κ3) is 3.81. The maximum atomic E-state index is 4.26. The van der Waals surface area contributed by atoms with Crippen molar-refractivity contribution in [3.05, 3.63) is 66.5 Å². The van der Waals surface area contributed by atoms with Crippen molar-refractivity contribution >= 4 is 0 Å². The van der Waals surface area contributed by atoms with Gasteiger partial charge >= 0.3 is 0 Å². The zero-order valence-electron chi connectivity index (χ0n) is 13.0. The molecule has 0 N–H and O–H groups in total. The monoisotopic (exact) mass is 296 g/mol. The molecule has 2 aromatic heterocycles. The van der Waals surface area contributed by atoms with Crippen molar-refractivity contribution in [3.63, 3.8) is 0 Å². The van der Waals surface area contributed by atoms with E-state index in [1.54, 1.807) is 0 Å². The lowest BCUT2D eigenvalue weighted by Gasteiger charge is -1.99. The summed E-state index contributed by atoms with van der Waals surface area (Å²) in [7, 11) is 0. The Morgan fingerprint density at radius 1 is 1.18 bits per heavy atom. The number of benzene rings is 1. The van der Waals surface area contributed by atoms with Crippen LogP contribution in [0.25, 0.3) is 0 Å². The van der Waals surface area contributed by atoms with Gasteiger partial charge in [-0.2, -0.15) is 0 Å². The predicted molar refractivity (Wildman–Crippen MR) is 84.2 cm³/mol. The SMILES string of the molecule is CCCCn1cc[n+](Cc2cn(Cc3ccccc3)nn2)c1. The van der Waals surface area contributed by atoms with Gasteiger partial charge in [0.05, 0.1) is 19.3 Å². The number of aromatic nitrogens is 5. The highest BCUT2D eigenvalue weighted by Gasteiger charge is 2.08. The van der Waals surface area contributed by atoms with Crippen molar-refractivity contribution in [1.82, 2.24) is 19.6 Å². The number of hydrogen-bond donors (Lipinski definition) is 0.